The van der Waals surface area contributed by atoms with Gasteiger partial charge in [-0.2, -0.15) is 0 Å². The van der Waals surface area contributed by atoms with Crippen molar-refractivity contribution in [3.8, 4) is 5.75 Å². The van der Waals surface area contributed by atoms with Crippen molar-refractivity contribution in [1.82, 2.24) is 0 Å². The van der Waals surface area contributed by atoms with Gasteiger partial charge >= 0.3 is 5.97 Å². The molecule has 0 aromatic heterocycles. The van der Waals surface area contributed by atoms with Gasteiger partial charge in [0.1, 0.15) is 5.75 Å². The van der Waals surface area contributed by atoms with Crippen molar-refractivity contribution in [2.45, 2.75) is 26.9 Å². The molecule has 0 amide bonds. The van der Waals surface area contributed by atoms with E-state index in [1.807, 2.05) is 0 Å². The average Bonchev–Trinajstić information content (AvgIpc) is 2.24. The Morgan fingerprint density at radius 1 is 1.33 bits per heavy atom. The highest BCUT2D eigenvalue weighted by atomic mass is 16.6. The molecular formula is C12H15NO5. The van der Waals surface area contributed by atoms with Gasteiger partial charge in [0, 0.05) is 17.5 Å². The summed E-state index contributed by atoms with van der Waals surface area (Å²) < 4.78 is 5.35. The Morgan fingerprint density at radius 3 is 2.17 bits per heavy atom. The summed E-state index contributed by atoms with van der Waals surface area (Å²) in [5.41, 5.74) is -0.641. The van der Waals surface area contributed by atoms with Crippen LogP contribution in [0.15, 0.2) is 24.3 Å². The standard InChI is InChI=1S/C12H15NO5/c1-12(2,3)10(11(14)15)18-9-6-4-8(5-7-9)13(16)17/h4-7,10H,1-3H3,(H,14,15). The van der Waals surface area contributed by atoms with Crippen LogP contribution in [-0.2, 0) is 4.79 Å². The molecule has 0 fully saturated rings. The maximum atomic E-state index is 11.1. The minimum atomic E-state index is -1.07. The number of benzene rings is 1. The van der Waals surface area contributed by atoms with E-state index in [2.05, 4.69) is 0 Å². The van der Waals surface area contributed by atoms with Crippen LogP contribution < -0.4 is 4.74 Å². The molecular weight excluding hydrogens is 238 g/mol. The lowest BCUT2D eigenvalue weighted by Gasteiger charge is -2.27. The van der Waals surface area contributed by atoms with Crippen LogP contribution >= 0.6 is 0 Å². The summed E-state index contributed by atoms with van der Waals surface area (Å²) in [5.74, 6) is -0.774. The summed E-state index contributed by atoms with van der Waals surface area (Å²) in [6.07, 6.45) is -1.01. The predicted molar refractivity (Wildman–Crippen MR) is 64.6 cm³/mol. The zero-order chi connectivity index (χ0) is 13.9. The molecule has 0 bridgehead atoms. The summed E-state index contributed by atoms with van der Waals surface area (Å²) >= 11 is 0. The molecule has 0 radical (unpaired) electrons. The van der Waals surface area contributed by atoms with Crippen LogP contribution in [0.5, 0.6) is 5.75 Å². The molecule has 1 N–H and O–H groups in total. The zero-order valence-electron chi connectivity index (χ0n) is 10.4. The Bertz CT molecular complexity index is 447. The van der Waals surface area contributed by atoms with E-state index in [0.717, 1.165) is 0 Å². The number of hydrogen-bond acceptors (Lipinski definition) is 4. The van der Waals surface area contributed by atoms with E-state index < -0.39 is 22.4 Å². The Morgan fingerprint density at radius 2 is 1.83 bits per heavy atom. The maximum Gasteiger partial charge on any atom is 0.345 e. The number of rotatable bonds is 4. The summed E-state index contributed by atoms with van der Waals surface area (Å²) in [5, 5.41) is 19.6. The molecule has 0 spiro atoms. The molecule has 0 aliphatic rings. The number of nitrogens with zero attached hydrogens (tertiary/aromatic N) is 1. The lowest BCUT2D eigenvalue weighted by molar-refractivity contribution is -0.384. The van der Waals surface area contributed by atoms with Gasteiger partial charge in [0.25, 0.3) is 5.69 Å². The largest absolute Gasteiger partial charge is 0.478 e. The van der Waals surface area contributed by atoms with Crippen molar-refractivity contribution in [2.24, 2.45) is 5.41 Å². The molecule has 18 heavy (non-hydrogen) atoms. The van der Waals surface area contributed by atoms with E-state index in [1.165, 1.54) is 24.3 Å². The summed E-state index contributed by atoms with van der Waals surface area (Å²) in [6.45, 7) is 5.24. The van der Waals surface area contributed by atoms with E-state index in [1.54, 1.807) is 20.8 Å². The van der Waals surface area contributed by atoms with Gasteiger partial charge in [-0.3, -0.25) is 10.1 Å². The normalized spacial score (nSPS) is 12.8. The van der Waals surface area contributed by atoms with Crippen molar-refractivity contribution in [3.63, 3.8) is 0 Å². The van der Waals surface area contributed by atoms with E-state index >= 15 is 0 Å². The number of carboxylic acid groups (broad SMARTS) is 1. The van der Waals surface area contributed by atoms with Crippen LogP contribution in [-0.4, -0.2) is 22.1 Å². The molecule has 0 aliphatic carbocycles. The molecule has 0 saturated carbocycles. The van der Waals surface area contributed by atoms with Crippen molar-refractivity contribution in [3.05, 3.63) is 34.4 Å². The molecule has 6 nitrogen and oxygen atoms in total. The first kappa shape index (κ1) is 14.0. The van der Waals surface area contributed by atoms with Gasteiger partial charge in [-0.05, 0) is 12.1 Å². The number of aliphatic carboxylic acids is 1. The number of hydrogen-bond donors (Lipinski definition) is 1. The molecule has 1 rings (SSSR count). The van der Waals surface area contributed by atoms with Crippen molar-refractivity contribution >= 4 is 11.7 Å². The van der Waals surface area contributed by atoms with Crippen molar-refractivity contribution in [1.29, 1.82) is 0 Å². The van der Waals surface area contributed by atoms with Crippen molar-refractivity contribution in [2.75, 3.05) is 0 Å². The number of carbonyl (C=O) groups is 1. The van der Waals surface area contributed by atoms with Gasteiger partial charge in [0.2, 0.25) is 0 Å². The third-order valence-corrected chi connectivity index (χ3v) is 2.31. The van der Waals surface area contributed by atoms with Crippen LogP contribution in [0.4, 0.5) is 5.69 Å². The molecule has 98 valence electrons. The second-order valence-corrected chi connectivity index (χ2v) is 4.95. The first-order chi connectivity index (χ1) is 8.21. The van der Waals surface area contributed by atoms with Crippen LogP contribution in [0.1, 0.15) is 20.8 Å². The first-order valence-corrected chi connectivity index (χ1v) is 5.36. The number of nitro groups is 1. The molecule has 1 aromatic carbocycles. The molecule has 1 unspecified atom stereocenters. The van der Waals surface area contributed by atoms with E-state index in [-0.39, 0.29) is 5.69 Å². The third kappa shape index (κ3) is 3.44. The highest BCUT2D eigenvalue weighted by Gasteiger charge is 2.33. The first-order valence-electron chi connectivity index (χ1n) is 5.36. The van der Waals surface area contributed by atoms with Crippen LogP contribution in [0, 0.1) is 15.5 Å². The van der Waals surface area contributed by atoms with Gasteiger partial charge < -0.3 is 9.84 Å². The maximum absolute atomic E-state index is 11.1. The Kier molecular flexibility index (Phi) is 3.90. The molecule has 6 heteroatoms. The number of ether oxygens (including phenoxy) is 1. The summed E-state index contributed by atoms with van der Waals surface area (Å²) in [6, 6.07) is 5.33. The Balaban J connectivity index is 2.89. The topological polar surface area (TPSA) is 89.7 Å². The molecule has 1 atom stereocenters. The lowest BCUT2D eigenvalue weighted by atomic mass is 9.89. The summed E-state index contributed by atoms with van der Waals surface area (Å²) in [4.78, 5) is 21.0. The van der Waals surface area contributed by atoms with Crippen molar-refractivity contribution < 1.29 is 19.6 Å². The SMILES string of the molecule is CC(C)(C)C(Oc1ccc([N+](=O)[O-])cc1)C(=O)O. The van der Waals surface area contributed by atoms with E-state index in [4.69, 9.17) is 9.84 Å². The van der Waals surface area contributed by atoms with Gasteiger partial charge in [-0.15, -0.1) is 0 Å². The third-order valence-electron chi connectivity index (χ3n) is 2.31. The fourth-order valence-electron chi connectivity index (χ4n) is 1.38. The van der Waals surface area contributed by atoms with Gasteiger partial charge in [0.15, 0.2) is 6.10 Å². The number of non-ortho nitro benzene ring substituents is 1. The highest BCUT2D eigenvalue weighted by Crippen LogP contribution is 2.26. The quantitative estimate of drug-likeness (QED) is 0.657. The zero-order valence-corrected chi connectivity index (χ0v) is 10.4. The Labute approximate surface area is 104 Å². The highest BCUT2D eigenvalue weighted by molar-refractivity contribution is 5.73. The van der Waals surface area contributed by atoms with Gasteiger partial charge in [-0.25, -0.2) is 4.79 Å². The lowest BCUT2D eigenvalue weighted by Crippen LogP contribution is -2.39. The summed E-state index contributed by atoms with van der Waals surface area (Å²) in [7, 11) is 0. The average molecular weight is 253 g/mol. The second-order valence-electron chi connectivity index (χ2n) is 4.95. The molecule has 0 saturated heterocycles. The van der Waals surface area contributed by atoms with Gasteiger partial charge in [0.05, 0.1) is 4.92 Å². The van der Waals surface area contributed by atoms with Gasteiger partial charge in [-0.1, -0.05) is 20.8 Å². The van der Waals surface area contributed by atoms with Crippen LogP contribution in [0.2, 0.25) is 0 Å². The smallest absolute Gasteiger partial charge is 0.345 e. The fourth-order valence-corrected chi connectivity index (χ4v) is 1.38. The van der Waals surface area contributed by atoms with Crippen LogP contribution in [0.25, 0.3) is 0 Å². The molecule has 0 aliphatic heterocycles. The minimum absolute atomic E-state index is 0.0648. The number of nitro benzene ring substituents is 1. The van der Waals surface area contributed by atoms with E-state index in [9.17, 15) is 14.9 Å². The minimum Gasteiger partial charge on any atom is -0.478 e. The Hall–Kier alpha value is -2.11. The molecule has 0 heterocycles. The molecule has 1 aromatic rings. The predicted octanol–water partition coefficient (Wildman–Crippen LogP) is 2.47. The van der Waals surface area contributed by atoms with Crippen LogP contribution in [0.3, 0.4) is 0 Å². The van der Waals surface area contributed by atoms with E-state index in [0.29, 0.717) is 5.75 Å². The monoisotopic (exact) mass is 253 g/mol. The fraction of sp³-hybridized carbons (Fsp3) is 0.417. The number of carboxylic acids is 1. The second kappa shape index (κ2) is 5.03.